The Morgan fingerprint density at radius 3 is 2.70 bits per heavy atom. The normalized spacial score (nSPS) is 18.7. The Bertz CT molecular complexity index is 702. The summed E-state index contributed by atoms with van der Waals surface area (Å²) in [4.78, 5) is 2.24. The maximum Gasteiger partial charge on any atom is 0.125 e. The van der Waals surface area contributed by atoms with E-state index in [9.17, 15) is 5.11 Å². The fraction of sp³-hybridized carbons (Fsp3) is 0.550. The molecule has 27 heavy (non-hydrogen) atoms. The summed E-state index contributed by atoms with van der Waals surface area (Å²) in [5.41, 5.74) is 3.34. The van der Waals surface area contributed by atoms with Crippen LogP contribution in [0.2, 0.25) is 0 Å². The van der Waals surface area contributed by atoms with E-state index in [-0.39, 0.29) is 18.5 Å². The minimum Gasteiger partial charge on any atom is -0.490 e. The molecule has 3 rings (SSSR count). The number of aliphatic hydroxyl groups is 1. The van der Waals surface area contributed by atoms with Crippen LogP contribution in [-0.2, 0) is 11.3 Å². The van der Waals surface area contributed by atoms with Gasteiger partial charge in [-0.15, -0.1) is 12.4 Å². The van der Waals surface area contributed by atoms with Crippen molar-refractivity contribution in [1.29, 1.82) is 0 Å². The molecule has 0 bridgehead atoms. The topological polar surface area (TPSA) is 59.8 Å². The lowest BCUT2D eigenvalue weighted by atomic mass is 10.1. The first-order valence-electron chi connectivity index (χ1n) is 9.21. The summed E-state index contributed by atoms with van der Waals surface area (Å²) in [5.74, 6) is 0.875. The number of morpholine rings is 1. The quantitative estimate of drug-likeness (QED) is 0.779. The molecule has 0 radical (unpaired) electrons. The SMILES string of the molecule is Cc1cnn(CC2CN(CC(O)COc3c(C)cccc3C)CCO2)c1.Cl. The number of halogens is 1. The van der Waals surface area contributed by atoms with Crippen molar-refractivity contribution in [2.75, 3.05) is 32.8 Å². The molecule has 0 aliphatic carbocycles. The Morgan fingerprint density at radius 2 is 2.04 bits per heavy atom. The fourth-order valence-electron chi connectivity index (χ4n) is 3.39. The van der Waals surface area contributed by atoms with Gasteiger partial charge in [0.15, 0.2) is 0 Å². The Balaban J connectivity index is 0.00000261. The summed E-state index contributed by atoms with van der Waals surface area (Å²) >= 11 is 0. The summed E-state index contributed by atoms with van der Waals surface area (Å²) < 4.78 is 13.6. The van der Waals surface area contributed by atoms with Crippen molar-refractivity contribution < 1.29 is 14.6 Å². The molecule has 150 valence electrons. The second kappa shape index (κ2) is 10.1. The van der Waals surface area contributed by atoms with E-state index < -0.39 is 6.10 Å². The van der Waals surface area contributed by atoms with Gasteiger partial charge < -0.3 is 14.6 Å². The highest BCUT2D eigenvalue weighted by Crippen LogP contribution is 2.22. The average Bonchev–Trinajstić information content (AvgIpc) is 2.99. The van der Waals surface area contributed by atoms with Crippen molar-refractivity contribution in [3.8, 4) is 5.75 Å². The lowest BCUT2D eigenvalue weighted by Crippen LogP contribution is -2.47. The summed E-state index contributed by atoms with van der Waals surface area (Å²) in [5, 5.41) is 14.7. The van der Waals surface area contributed by atoms with Gasteiger partial charge in [0, 0.05) is 25.8 Å². The van der Waals surface area contributed by atoms with Gasteiger partial charge in [-0.2, -0.15) is 5.10 Å². The minimum absolute atomic E-state index is 0. The highest BCUT2D eigenvalue weighted by molar-refractivity contribution is 5.85. The lowest BCUT2D eigenvalue weighted by molar-refractivity contribution is -0.0517. The Morgan fingerprint density at radius 1 is 1.30 bits per heavy atom. The lowest BCUT2D eigenvalue weighted by Gasteiger charge is -2.34. The van der Waals surface area contributed by atoms with Crippen LogP contribution >= 0.6 is 12.4 Å². The van der Waals surface area contributed by atoms with Crippen LogP contribution in [0.5, 0.6) is 5.75 Å². The highest BCUT2D eigenvalue weighted by Gasteiger charge is 2.23. The zero-order valence-electron chi connectivity index (χ0n) is 16.3. The van der Waals surface area contributed by atoms with Gasteiger partial charge in [-0.3, -0.25) is 9.58 Å². The van der Waals surface area contributed by atoms with Crippen LogP contribution in [0.1, 0.15) is 16.7 Å². The van der Waals surface area contributed by atoms with Crippen LogP contribution in [0, 0.1) is 20.8 Å². The van der Waals surface area contributed by atoms with Gasteiger partial charge in [0.05, 0.1) is 25.5 Å². The third-order valence-corrected chi connectivity index (χ3v) is 4.67. The predicted octanol–water partition coefficient (Wildman–Crippen LogP) is 2.37. The third-order valence-electron chi connectivity index (χ3n) is 4.67. The van der Waals surface area contributed by atoms with E-state index in [0.717, 1.165) is 42.1 Å². The van der Waals surface area contributed by atoms with Gasteiger partial charge in [-0.1, -0.05) is 18.2 Å². The number of hydrogen-bond donors (Lipinski definition) is 1. The molecular formula is C20H30ClN3O3. The van der Waals surface area contributed by atoms with Crippen molar-refractivity contribution in [2.45, 2.75) is 39.5 Å². The van der Waals surface area contributed by atoms with Crippen LogP contribution in [0.15, 0.2) is 30.6 Å². The van der Waals surface area contributed by atoms with Crippen molar-refractivity contribution in [3.63, 3.8) is 0 Å². The molecule has 7 heteroatoms. The molecule has 0 saturated carbocycles. The first-order valence-corrected chi connectivity index (χ1v) is 9.21. The zero-order chi connectivity index (χ0) is 18.5. The molecule has 6 nitrogen and oxygen atoms in total. The van der Waals surface area contributed by atoms with Gasteiger partial charge in [0.2, 0.25) is 0 Å². The molecule has 0 amide bonds. The predicted molar refractivity (Wildman–Crippen MR) is 108 cm³/mol. The van der Waals surface area contributed by atoms with Gasteiger partial charge in [-0.05, 0) is 37.5 Å². The first kappa shape index (κ1) is 21.7. The molecular weight excluding hydrogens is 366 g/mol. The van der Waals surface area contributed by atoms with Gasteiger partial charge in [-0.25, -0.2) is 0 Å². The van der Waals surface area contributed by atoms with Crippen molar-refractivity contribution in [2.24, 2.45) is 0 Å². The van der Waals surface area contributed by atoms with Crippen LogP contribution < -0.4 is 4.74 Å². The van der Waals surface area contributed by atoms with Crippen LogP contribution in [-0.4, -0.2) is 64.8 Å². The molecule has 1 saturated heterocycles. The van der Waals surface area contributed by atoms with E-state index in [0.29, 0.717) is 19.8 Å². The molecule has 1 aromatic heterocycles. The van der Waals surface area contributed by atoms with Gasteiger partial charge >= 0.3 is 0 Å². The summed E-state index contributed by atoms with van der Waals surface area (Å²) in [6.07, 6.45) is 3.44. The van der Waals surface area contributed by atoms with Crippen molar-refractivity contribution in [3.05, 3.63) is 47.3 Å². The van der Waals surface area contributed by atoms with E-state index in [1.54, 1.807) is 0 Å². The molecule has 0 spiro atoms. The number of nitrogens with zero attached hydrogens (tertiary/aromatic N) is 3. The van der Waals surface area contributed by atoms with E-state index in [4.69, 9.17) is 9.47 Å². The molecule has 1 fully saturated rings. The van der Waals surface area contributed by atoms with E-state index >= 15 is 0 Å². The Hall–Kier alpha value is -1.60. The molecule has 1 aromatic carbocycles. The highest BCUT2D eigenvalue weighted by atomic mass is 35.5. The maximum absolute atomic E-state index is 10.4. The van der Waals surface area contributed by atoms with Crippen molar-refractivity contribution >= 4 is 12.4 Å². The monoisotopic (exact) mass is 395 g/mol. The number of ether oxygens (including phenoxy) is 2. The van der Waals surface area contributed by atoms with E-state index in [1.165, 1.54) is 0 Å². The molecule has 1 aliphatic rings. The number of rotatable bonds is 7. The standard InChI is InChI=1S/C20H29N3O3.ClH/c1-15-9-21-23(10-15)13-19-12-22(7-8-25-19)11-18(24)14-26-20-16(2)5-4-6-17(20)3;/h4-6,9-10,18-19,24H,7-8,11-14H2,1-3H3;1H. The average molecular weight is 396 g/mol. The minimum atomic E-state index is -0.528. The summed E-state index contributed by atoms with van der Waals surface area (Å²) in [6.45, 7) is 10.00. The van der Waals surface area contributed by atoms with Gasteiger partial charge in [0.25, 0.3) is 0 Å². The molecule has 2 aromatic rings. The zero-order valence-corrected chi connectivity index (χ0v) is 17.1. The van der Waals surface area contributed by atoms with Gasteiger partial charge in [0.1, 0.15) is 18.5 Å². The largest absolute Gasteiger partial charge is 0.490 e. The summed E-state index contributed by atoms with van der Waals surface area (Å²) in [7, 11) is 0. The fourth-order valence-corrected chi connectivity index (χ4v) is 3.39. The molecule has 1 aliphatic heterocycles. The second-order valence-electron chi connectivity index (χ2n) is 7.18. The number of β-amino-alcohol motifs (C(OH)–C–C–N with tert-alkyl or cyclic N) is 1. The number of para-hydroxylation sites is 1. The number of aliphatic hydroxyl groups excluding tert-OH is 1. The van der Waals surface area contributed by atoms with E-state index in [1.807, 2.05) is 56.0 Å². The van der Waals surface area contributed by atoms with Crippen LogP contribution in [0.3, 0.4) is 0 Å². The molecule has 2 unspecified atom stereocenters. The number of aromatic nitrogens is 2. The van der Waals surface area contributed by atoms with E-state index in [2.05, 4.69) is 10.00 Å². The number of aryl methyl sites for hydroxylation is 3. The third kappa shape index (κ3) is 6.21. The smallest absolute Gasteiger partial charge is 0.125 e. The summed E-state index contributed by atoms with van der Waals surface area (Å²) in [6, 6.07) is 6.07. The Kier molecular flexibility index (Phi) is 8.10. The molecule has 1 N–H and O–H groups in total. The molecule has 2 atom stereocenters. The number of hydrogen-bond acceptors (Lipinski definition) is 5. The van der Waals surface area contributed by atoms with Crippen molar-refractivity contribution in [1.82, 2.24) is 14.7 Å². The van der Waals surface area contributed by atoms with Crippen LogP contribution in [0.25, 0.3) is 0 Å². The second-order valence-corrected chi connectivity index (χ2v) is 7.18. The Labute approximate surface area is 167 Å². The van der Waals surface area contributed by atoms with Crippen LogP contribution in [0.4, 0.5) is 0 Å². The number of benzene rings is 1. The first-order chi connectivity index (χ1) is 12.5. The molecule has 2 heterocycles. The maximum atomic E-state index is 10.4.